The second kappa shape index (κ2) is 8.22. The number of methoxy groups -OCH3 is 1. The number of ketones is 1. The summed E-state index contributed by atoms with van der Waals surface area (Å²) in [5, 5.41) is 0. The van der Waals surface area contributed by atoms with Crippen LogP contribution in [0, 0.1) is 5.41 Å². The van der Waals surface area contributed by atoms with Gasteiger partial charge in [-0.05, 0) is 48.6 Å². The van der Waals surface area contributed by atoms with Crippen molar-refractivity contribution < 1.29 is 19.1 Å². The molecule has 5 heteroatoms. The zero-order valence-electron chi connectivity index (χ0n) is 18.6. The van der Waals surface area contributed by atoms with Gasteiger partial charge in [0, 0.05) is 36.1 Å². The Balaban J connectivity index is 1.83. The minimum Gasteiger partial charge on any atom is -0.497 e. The van der Waals surface area contributed by atoms with Gasteiger partial charge in [-0.15, -0.1) is 0 Å². The summed E-state index contributed by atoms with van der Waals surface area (Å²) in [6.07, 6.45) is 1.42. The van der Waals surface area contributed by atoms with E-state index in [1.807, 2.05) is 55.5 Å². The number of rotatable bonds is 5. The summed E-state index contributed by atoms with van der Waals surface area (Å²) in [6, 6.07) is 15.2. The number of benzene rings is 2. The van der Waals surface area contributed by atoms with Gasteiger partial charge in [-0.3, -0.25) is 14.5 Å². The van der Waals surface area contributed by atoms with E-state index < -0.39 is 0 Å². The number of carbonyl (C=O) groups excluding carboxylic acids is 2. The van der Waals surface area contributed by atoms with Crippen molar-refractivity contribution in [1.29, 1.82) is 0 Å². The molecule has 1 heterocycles. The highest BCUT2D eigenvalue weighted by molar-refractivity contribution is 6.07. The number of nitrogens with zero attached hydrogens (tertiary/aromatic N) is 1. The van der Waals surface area contributed by atoms with E-state index in [0.29, 0.717) is 25.2 Å². The lowest BCUT2D eigenvalue weighted by Crippen LogP contribution is -2.43. The van der Waals surface area contributed by atoms with Crippen LogP contribution in [0.15, 0.2) is 59.8 Å². The normalized spacial score (nSPS) is 20.5. The predicted molar refractivity (Wildman–Crippen MR) is 120 cm³/mol. The van der Waals surface area contributed by atoms with Crippen molar-refractivity contribution in [2.75, 3.05) is 18.6 Å². The van der Waals surface area contributed by atoms with Gasteiger partial charge in [0.1, 0.15) is 11.5 Å². The molecule has 0 saturated carbocycles. The zero-order chi connectivity index (χ0) is 22.2. The van der Waals surface area contributed by atoms with Gasteiger partial charge in [-0.1, -0.05) is 32.0 Å². The molecule has 0 spiro atoms. The Kier molecular flexibility index (Phi) is 5.61. The standard InChI is InChI=1S/C26H29NO4/c1-5-31-19-11-9-17(10-12-19)21-14-24(29)27(18-7-6-8-20(13-18)30-4)22-15-26(2,3)16-23(28)25(21)22/h6-13,21H,5,14-16H2,1-4H3. The van der Waals surface area contributed by atoms with Crippen LogP contribution >= 0.6 is 0 Å². The third-order valence-corrected chi connectivity index (χ3v) is 6.05. The largest absolute Gasteiger partial charge is 0.497 e. The van der Waals surface area contributed by atoms with Gasteiger partial charge >= 0.3 is 0 Å². The maximum Gasteiger partial charge on any atom is 0.232 e. The smallest absolute Gasteiger partial charge is 0.232 e. The first-order valence-corrected chi connectivity index (χ1v) is 10.8. The van der Waals surface area contributed by atoms with Crippen molar-refractivity contribution in [2.24, 2.45) is 5.41 Å². The van der Waals surface area contributed by atoms with E-state index in [9.17, 15) is 9.59 Å². The van der Waals surface area contributed by atoms with Crippen LogP contribution in [0.25, 0.3) is 0 Å². The molecule has 5 nitrogen and oxygen atoms in total. The molecule has 1 aliphatic heterocycles. The Labute approximate surface area is 183 Å². The van der Waals surface area contributed by atoms with Crippen molar-refractivity contribution in [2.45, 2.75) is 46.0 Å². The van der Waals surface area contributed by atoms with E-state index in [1.165, 1.54) is 0 Å². The summed E-state index contributed by atoms with van der Waals surface area (Å²) in [7, 11) is 1.61. The Morgan fingerprint density at radius 2 is 1.77 bits per heavy atom. The fraction of sp³-hybridized carbons (Fsp3) is 0.385. The molecule has 0 bridgehead atoms. The van der Waals surface area contributed by atoms with Crippen LogP contribution in [-0.2, 0) is 9.59 Å². The van der Waals surface area contributed by atoms with Crippen molar-refractivity contribution in [3.05, 3.63) is 65.4 Å². The molecule has 2 aromatic carbocycles. The average molecular weight is 420 g/mol. The number of Topliss-reactive ketones (excluding diaryl/α,β-unsaturated/α-hetero) is 1. The van der Waals surface area contributed by atoms with Crippen molar-refractivity contribution in [3.63, 3.8) is 0 Å². The van der Waals surface area contributed by atoms with E-state index in [0.717, 1.165) is 28.3 Å². The first kappa shape index (κ1) is 21.2. The molecule has 1 aliphatic carbocycles. The molecule has 2 aliphatic rings. The average Bonchev–Trinajstić information content (AvgIpc) is 2.73. The number of amides is 1. The van der Waals surface area contributed by atoms with E-state index in [4.69, 9.17) is 9.47 Å². The van der Waals surface area contributed by atoms with Gasteiger partial charge in [0.2, 0.25) is 5.91 Å². The fourth-order valence-corrected chi connectivity index (χ4v) is 4.71. The minimum absolute atomic E-state index is 0.00334. The molecule has 162 valence electrons. The predicted octanol–water partition coefficient (Wildman–Crippen LogP) is 5.26. The Bertz CT molecular complexity index is 1040. The number of allylic oxidation sites excluding steroid dienone is 2. The Hall–Kier alpha value is -3.08. The second-order valence-electron chi connectivity index (χ2n) is 8.99. The topological polar surface area (TPSA) is 55.8 Å². The van der Waals surface area contributed by atoms with Crippen LogP contribution in [0.3, 0.4) is 0 Å². The summed E-state index contributed by atoms with van der Waals surface area (Å²) in [5.74, 6) is 1.37. The molecule has 0 saturated heterocycles. The highest BCUT2D eigenvalue weighted by atomic mass is 16.5. The van der Waals surface area contributed by atoms with Crippen molar-refractivity contribution in [1.82, 2.24) is 0 Å². The summed E-state index contributed by atoms with van der Waals surface area (Å²) >= 11 is 0. The SMILES string of the molecule is CCOc1ccc(C2CC(=O)N(c3cccc(OC)c3)C3=C2C(=O)CC(C)(C)C3)cc1. The molecule has 1 amide bonds. The van der Waals surface area contributed by atoms with Gasteiger partial charge in [-0.25, -0.2) is 0 Å². The van der Waals surface area contributed by atoms with Crippen molar-refractivity contribution >= 4 is 17.4 Å². The van der Waals surface area contributed by atoms with Gasteiger partial charge in [-0.2, -0.15) is 0 Å². The number of ether oxygens (including phenoxy) is 2. The van der Waals surface area contributed by atoms with Crippen LogP contribution in [0.2, 0.25) is 0 Å². The summed E-state index contributed by atoms with van der Waals surface area (Å²) in [4.78, 5) is 28.5. The lowest BCUT2D eigenvalue weighted by atomic mass is 9.69. The summed E-state index contributed by atoms with van der Waals surface area (Å²) in [5.41, 5.74) is 3.11. The third kappa shape index (κ3) is 4.09. The monoisotopic (exact) mass is 419 g/mol. The van der Waals surface area contributed by atoms with Crippen LogP contribution < -0.4 is 14.4 Å². The van der Waals surface area contributed by atoms with E-state index >= 15 is 0 Å². The third-order valence-electron chi connectivity index (χ3n) is 6.05. The van der Waals surface area contributed by atoms with E-state index in [-0.39, 0.29) is 29.4 Å². The van der Waals surface area contributed by atoms with E-state index in [2.05, 4.69) is 13.8 Å². The maximum absolute atomic E-state index is 13.4. The number of carbonyl (C=O) groups is 2. The Morgan fingerprint density at radius 3 is 2.45 bits per heavy atom. The highest BCUT2D eigenvalue weighted by Crippen LogP contribution is 2.48. The lowest BCUT2D eigenvalue weighted by Gasteiger charge is -2.43. The molecule has 31 heavy (non-hydrogen) atoms. The van der Waals surface area contributed by atoms with Crippen molar-refractivity contribution in [3.8, 4) is 11.5 Å². The molecule has 4 rings (SSSR count). The van der Waals surface area contributed by atoms with Gasteiger partial charge in [0.15, 0.2) is 5.78 Å². The van der Waals surface area contributed by atoms with Gasteiger partial charge in [0.05, 0.1) is 19.4 Å². The quantitative estimate of drug-likeness (QED) is 0.664. The van der Waals surface area contributed by atoms with E-state index in [1.54, 1.807) is 12.0 Å². The van der Waals surface area contributed by atoms with Crippen LogP contribution in [0.1, 0.15) is 51.5 Å². The van der Waals surface area contributed by atoms with Gasteiger partial charge in [0.25, 0.3) is 0 Å². The Morgan fingerprint density at radius 1 is 1.03 bits per heavy atom. The summed E-state index contributed by atoms with van der Waals surface area (Å²) < 4.78 is 10.9. The first-order valence-electron chi connectivity index (χ1n) is 10.8. The van der Waals surface area contributed by atoms with Crippen LogP contribution in [-0.4, -0.2) is 25.4 Å². The molecule has 0 N–H and O–H groups in total. The molecule has 0 radical (unpaired) electrons. The minimum atomic E-state index is -0.233. The number of anilines is 1. The van der Waals surface area contributed by atoms with Gasteiger partial charge < -0.3 is 9.47 Å². The zero-order valence-corrected chi connectivity index (χ0v) is 18.6. The number of hydrogen-bond acceptors (Lipinski definition) is 4. The molecule has 0 fully saturated rings. The molecular weight excluding hydrogens is 390 g/mol. The molecular formula is C26H29NO4. The maximum atomic E-state index is 13.4. The lowest BCUT2D eigenvalue weighted by molar-refractivity contribution is -0.121. The second-order valence-corrected chi connectivity index (χ2v) is 8.99. The molecule has 0 aromatic heterocycles. The summed E-state index contributed by atoms with van der Waals surface area (Å²) in [6.45, 7) is 6.72. The fourth-order valence-electron chi connectivity index (χ4n) is 4.71. The highest BCUT2D eigenvalue weighted by Gasteiger charge is 2.44. The number of hydrogen-bond donors (Lipinski definition) is 0. The molecule has 2 aromatic rings. The molecule has 1 atom stereocenters. The molecule has 1 unspecified atom stereocenters. The van der Waals surface area contributed by atoms with Crippen LogP contribution in [0.5, 0.6) is 11.5 Å². The first-order chi connectivity index (χ1) is 14.8. The van der Waals surface area contributed by atoms with Crippen LogP contribution in [0.4, 0.5) is 5.69 Å².